The van der Waals surface area contributed by atoms with Crippen molar-refractivity contribution in [3.8, 4) is 0 Å². The summed E-state index contributed by atoms with van der Waals surface area (Å²) in [4.78, 5) is 2.89. The number of alkyl halides is 1. The van der Waals surface area contributed by atoms with Crippen LogP contribution >= 0.6 is 0 Å². The fraction of sp³-hybridized carbons (Fsp3) is 0.917. The van der Waals surface area contributed by atoms with Crippen LogP contribution in [0, 0.1) is 23.7 Å². The molecule has 5 heteroatoms. The molecule has 5 rings (SSSR count). The number of methoxy groups -OCH3 is 1. The van der Waals surface area contributed by atoms with E-state index in [0.717, 1.165) is 51.1 Å². The van der Waals surface area contributed by atoms with Crippen molar-refractivity contribution < 1.29 is 9.13 Å². The minimum Gasteiger partial charge on any atom is -0.377 e. The molecule has 3 aliphatic heterocycles. The maximum atomic E-state index is 14.1. The third-order valence-electron chi connectivity index (χ3n) is 8.98. The fourth-order valence-corrected chi connectivity index (χ4v) is 7.51. The molecule has 0 aromatic carbocycles. The Morgan fingerprint density at radius 2 is 1.93 bits per heavy atom. The summed E-state index contributed by atoms with van der Waals surface area (Å²) in [5, 5.41) is 7.78. The summed E-state index contributed by atoms with van der Waals surface area (Å²) < 4.78 is 19.7. The van der Waals surface area contributed by atoms with Gasteiger partial charge in [-0.2, -0.15) is 0 Å². The Morgan fingerprint density at radius 1 is 1.03 bits per heavy atom. The molecule has 0 aromatic rings. The van der Waals surface area contributed by atoms with E-state index in [2.05, 4.69) is 34.6 Å². The van der Waals surface area contributed by atoms with E-state index in [-0.39, 0.29) is 12.0 Å². The maximum Gasteiger partial charge on any atom is 0.103 e. The van der Waals surface area contributed by atoms with Gasteiger partial charge in [-0.3, -0.25) is 10.2 Å². The highest BCUT2D eigenvalue weighted by Crippen LogP contribution is 2.44. The lowest BCUT2D eigenvalue weighted by atomic mass is 9.73. The largest absolute Gasteiger partial charge is 0.377 e. The molecule has 3 heterocycles. The summed E-state index contributed by atoms with van der Waals surface area (Å²) in [6.07, 6.45) is 13.9. The molecule has 0 bridgehead atoms. The first kappa shape index (κ1) is 20.4. The molecule has 0 aromatic heterocycles. The van der Waals surface area contributed by atoms with Gasteiger partial charge in [-0.05, 0) is 81.6 Å². The van der Waals surface area contributed by atoms with Gasteiger partial charge in [0.2, 0.25) is 0 Å². The van der Waals surface area contributed by atoms with Gasteiger partial charge in [-0.1, -0.05) is 19.1 Å². The third kappa shape index (κ3) is 3.81. The van der Waals surface area contributed by atoms with Crippen molar-refractivity contribution in [2.45, 2.75) is 94.9 Å². The summed E-state index contributed by atoms with van der Waals surface area (Å²) in [7, 11) is 1.84. The van der Waals surface area contributed by atoms with Crippen molar-refractivity contribution in [1.82, 2.24) is 15.5 Å². The average molecular weight is 406 g/mol. The second kappa shape index (κ2) is 8.57. The van der Waals surface area contributed by atoms with Crippen molar-refractivity contribution in [1.29, 1.82) is 0 Å². The average Bonchev–Trinajstić information content (AvgIpc) is 3.46. The number of ether oxygens (including phenoxy) is 1. The number of hydrogen-bond acceptors (Lipinski definition) is 4. The van der Waals surface area contributed by atoms with Gasteiger partial charge in [-0.15, -0.1) is 0 Å². The summed E-state index contributed by atoms with van der Waals surface area (Å²) in [6, 6.07) is 1.98. The van der Waals surface area contributed by atoms with Gasteiger partial charge in [0.25, 0.3) is 0 Å². The first-order valence-corrected chi connectivity index (χ1v) is 12.2. The van der Waals surface area contributed by atoms with Gasteiger partial charge in [0, 0.05) is 31.8 Å². The zero-order valence-corrected chi connectivity index (χ0v) is 18.2. The van der Waals surface area contributed by atoms with E-state index in [1.165, 1.54) is 19.3 Å². The predicted octanol–water partition coefficient (Wildman–Crippen LogP) is 3.48. The van der Waals surface area contributed by atoms with Gasteiger partial charge in [0.1, 0.15) is 6.17 Å². The highest BCUT2D eigenvalue weighted by atomic mass is 19.1. The van der Waals surface area contributed by atoms with Crippen LogP contribution in [0.1, 0.15) is 58.3 Å². The number of nitrogens with zero attached hydrogens (tertiary/aromatic N) is 1. The molecular weight excluding hydrogens is 365 g/mol. The lowest BCUT2D eigenvalue weighted by Crippen LogP contribution is -2.53. The quantitative estimate of drug-likeness (QED) is 0.702. The summed E-state index contributed by atoms with van der Waals surface area (Å²) >= 11 is 0. The van der Waals surface area contributed by atoms with Gasteiger partial charge in [0.15, 0.2) is 0 Å². The third-order valence-corrected chi connectivity index (χ3v) is 8.98. The number of rotatable bonds is 4. The molecule has 2 aliphatic carbocycles. The van der Waals surface area contributed by atoms with Crippen LogP contribution in [0.5, 0.6) is 0 Å². The zero-order chi connectivity index (χ0) is 20.0. The number of fused-ring (bicyclic) bond motifs is 1. The van der Waals surface area contributed by atoms with E-state index in [1.54, 1.807) is 0 Å². The van der Waals surface area contributed by atoms with Crippen molar-refractivity contribution in [3.05, 3.63) is 12.2 Å². The Morgan fingerprint density at radius 3 is 2.76 bits per heavy atom. The van der Waals surface area contributed by atoms with Gasteiger partial charge >= 0.3 is 0 Å². The molecule has 3 saturated heterocycles. The topological polar surface area (TPSA) is 36.5 Å². The van der Waals surface area contributed by atoms with Gasteiger partial charge in [0.05, 0.1) is 12.3 Å². The molecule has 1 saturated carbocycles. The summed E-state index contributed by atoms with van der Waals surface area (Å²) in [5.74, 6) is 2.26. The normalized spacial score (nSPS) is 50.9. The highest BCUT2D eigenvalue weighted by Gasteiger charge is 2.51. The molecule has 0 radical (unpaired) electrons. The van der Waals surface area contributed by atoms with E-state index < -0.39 is 6.17 Å². The van der Waals surface area contributed by atoms with Crippen LogP contribution in [0.2, 0.25) is 0 Å². The maximum absolute atomic E-state index is 14.1. The Kier molecular flexibility index (Phi) is 6.03. The molecule has 164 valence electrons. The smallest absolute Gasteiger partial charge is 0.103 e. The first-order valence-electron chi connectivity index (χ1n) is 12.2. The number of allylic oxidation sites excluding steroid dienone is 1. The van der Waals surface area contributed by atoms with Crippen molar-refractivity contribution in [3.63, 3.8) is 0 Å². The molecule has 0 amide bonds. The minimum absolute atomic E-state index is 0.231. The summed E-state index contributed by atoms with van der Waals surface area (Å²) in [5.41, 5.74) is 0. The lowest BCUT2D eigenvalue weighted by molar-refractivity contribution is 0.0404. The second-order valence-corrected chi connectivity index (χ2v) is 10.5. The Bertz CT molecular complexity index is 601. The zero-order valence-electron chi connectivity index (χ0n) is 18.2. The van der Waals surface area contributed by atoms with Crippen LogP contribution in [0.3, 0.4) is 0 Å². The molecule has 2 N–H and O–H groups in total. The van der Waals surface area contributed by atoms with Crippen LogP contribution < -0.4 is 10.6 Å². The monoisotopic (exact) mass is 405 g/mol. The summed E-state index contributed by atoms with van der Waals surface area (Å²) in [6.45, 7) is 4.41. The molecule has 5 aliphatic rings. The van der Waals surface area contributed by atoms with E-state index >= 15 is 0 Å². The molecular formula is C24H40FN3O. The van der Waals surface area contributed by atoms with Crippen molar-refractivity contribution in [2.75, 3.05) is 20.2 Å². The second-order valence-electron chi connectivity index (χ2n) is 10.5. The Labute approximate surface area is 176 Å². The molecule has 0 spiro atoms. The SMILES string of the molecule is COC1C=CCC(C2NCC3CCC(C4CCNC4C4CCC(F)C(C)C4)N32)C1. The highest BCUT2D eigenvalue weighted by molar-refractivity contribution is 5.08. The molecule has 10 unspecified atom stereocenters. The standard InChI is InChI=1S/C24H40FN3O/c1-15-12-16(6-8-21(15)25)23-20(10-11-26-23)22-9-7-18-14-27-24(28(18)22)17-4-3-5-19(13-17)29-2/h3,5,15-24,26-27H,4,6-14H2,1-2H3. The Balaban J connectivity index is 1.30. The predicted molar refractivity (Wildman–Crippen MR) is 114 cm³/mol. The van der Waals surface area contributed by atoms with E-state index in [1.807, 2.05) is 7.11 Å². The van der Waals surface area contributed by atoms with E-state index in [4.69, 9.17) is 4.74 Å². The molecule has 29 heavy (non-hydrogen) atoms. The van der Waals surface area contributed by atoms with Crippen molar-refractivity contribution in [2.24, 2.45) is 23.7 Å². The fourth-order valence-electron chi connectivity index (χ4n) is 7.51. The Hall–Kier alpha value is -0.490. The minimum atomic E-state index is -0.581. The van der Waals surface area contributed by atoms with E-state index in [9.17, 15) is 4.39 Å². The molecule has 4 nitrogen and oxygen atoms in total. The van der Waals surface area contributed by atoms with Gasteiger partial charge in [-0.25, -0.2) is 4.39 Å². The van der Waals surface area contributed by atoms with Crippen LogP contribution in [0.4, 0.5) is 4.39 Å². The van der Waals surface area contributed by atoms with Crippen molar-refractivity contribution >= 4 is 0 Å². The number of halogens is 1. The van der Waals surface area contributed by atoms with Crippen LogP contribution in [-0.4, -0.2) is 61.7 Å². The molecule has 4 fully saturated rings. The number of nitrogens with one attached hydrogen (secondary N) is 2. The van der Waals surface area contributed by atoms with Crippen LogP contribution in [0.25, 0.3) is 0 Å². The first-order chi connectivity index (χ1) is 14.2. The van der Waals surface area contributed by atoms with E-state index in [0.29, 0.717) is 36.1 Å². The molecule has 10 atom stereocenters. The number of hydrogen-bond donors (Lipinski definition) is 2. The van der Waals surface area contributed by atoms with Crippen LogP contribution in [-0.2, 0) is 4.74 Å². The lowest BCUT2D eigenvalue weighted by Gasteiger charge is -2.43. The van der Waals surface area contributed by atoms with Crippen LogP contribution in [0.15, 0.2) is 12.2 Å². The van der Waals surface area contributed by atoms with Gasteiger partial charge < -0.3 is 10.1 Å².